The van der Waals surface area contributed by atoms with Crippen molar-refractivity contribution in [3.63, 3.8) is 0 Å². The molecule has 0 amide bonds. The molecule has 1 saturated heterocycles. The van der Waals surface area contributed by atoms with Crippen LogP contribution in [0.15, 0.2) is 11.0 Å². The highest BCUT2D eigenvalue weighted by atomic mass is 19.4. The number of carboxylic acid groups (broad SMARTS) is 1. The number of fused-ring (bicyclic) bond motifs is 1. The molecule has 3 heterocycles. The van der Waals surface area contributed by atoms with E-state index in [-0.39, 0.29) is 24.7 Å². The van der Waals surface area contributed by atoms with Gasteiger partial charge in [0.15, 0.2) is 5.65 Å². The molecule has 1 fully saturated rings. The lowest BCUT2D eigenvalue weighted by atomic mass is 10.0. The number of carboxylic acids is 1. The molecule has 168 valence electrons. The van der Waals surface area contributed by atoms with Crippen molar-refractivity contribution in [1.29, 1.82) is 0 Å². The molecule has 2 unspecified atom stereocenters. The van der Waals surface area contributed by atoms with Gasteiger partial charge in [0.25, 0.3) is 5.56 Å². The van der Waals surface area contributed by atoms with Gasteiger partial charge in [0.05, 0.1) is 18.2 Å². The number of hydrogen-bond acceptors (Lipinski definition) is 5. The van der Waals surface area contributed by atoms with Gasteiger partial charge in [-0.1, -0.05) is 6.92 Å². The Kier molecular flexibility index (Phi) is 7.10. The summed E-state index contributed by atoms with van der Waals surface area (Å²) in [6.45, 7) is 3.03. The minimum Gasteiger partial charge on any atom is -0.475 e. The number of alkyl halides is 6. The highest BCUT2D eigenvalue weighted by Crippen LogP contribution is 2.31. The minimum absolute atomic E-state index is 0.0550. The normalized spacial score (nSPS) is 18.2. The van der Waals surface area contributed by atoms with Crippen LogP contribution >= 0.6 is 0 Å². The number of aliphatic carboxylic acids is 1. The standard InChI is InChI=1S/C14H18F3N5O.C2HF3O2/c1-2-8(14(15,16)17)5-11-20-12-10(13(23)21-11)7-19-22(12)9-3-4-18-6-9;3-2(4,5)1(6)7/h7-9,18H,2-6H2,1H3,(H,20,21,23);(H,6,7). The summed E-state index contributed by atoms with van der Waals surface area (Å²) in [7, 11) is 0. The quantitative estimate of drug-likeness (QED) is 0.626. The van der Waals surface area contributed by atoms with Crippen LogP contribution in [0.1, 0.15) is 31.6 Å². The van der Waals surface area contributed by atoms with Crippen LogP contribution in [0.5, 0.6) is 0 Å². The summed E-state index contributed by atoms with van der Waals surface area (Å²) in [4.78, 5) is 27.7. The van der Waals surface area contributed by atoms with Crippen molar-refractivity contribution in [1.82, 2.24) is 25.1 Å². The molecule has 1 aliphatic rings. The Morgan fingerprint density at radius 2 is 1.97 bits per heavy atom. The van der Waals surface area contributed by atoms with E-state index in [4.69, 9.17) is 9.90 Å². The van der Waals surface area contributed by atoms with E-state index in [9.17, 15) is 31.1 Å². The van der Waals surface area contributed by atoms with Crippen LogP contribution in [-0.2, 0) is 11.2 Å². The smallest absolute Gasteiger partial charge is 0.475 e. The number of hydrogen-bond donors (Lipinski definition) is 3. The van der Waals surface area contributed by atoms with E-state index in [0.29, 0.717) is 17.6 Å². The summed E-state index contributed by atoms with van der Waals surface area (Å²) >= 11 is 0. The number of H-pyrrole nitrogens is 1. The van der Waals surface area contributed by atoms with Crippen molar-refractivity contribution in [2.75, 3.05) is 13.1 Å². The van der Waals surface area contributed by atoms with Crippen LogP contribution in [0, 0.1) is 5.92 Å². The molecule has 0 aromatic carbocycles. The SMILES string of the molecule is CCC(Cc1nc2c(cnn2C2CCNC2)c(=O)[nH]1)C(F)(F)F.O=C(O)C(F)(F)F. The molecular weight excluding hydrogens is 424 g/mol. The van der Waals surface area contributed by atoms with E-state index in [0.717, 1.165) is 13.0 Å². The first kappa shape index (κ1) is 23.6. The summed E-state index contributed by atoms with van der Waals surface area (Å²) in [5.41, 5.74) is -0.0892. The molecule has 0 saturated carbocycles. The van der Waals surface area contributed by atoms with Gasteiger partial charge >= 0.3 is 18.3 Å². The maximum atomic E-state index is 12.9. The molecule has 2 atom stereocenters. The predicted octanol–water partition coefficient (Wildman–Crippen LogP) is 2.42. The van der Waals surface area contributed by atoms with E-state index in [1.165, 1.54) is 13.1 Å². The highest BCUT2D eigenvalue weighted by molar-refractivity contribution is 5.73. The van der Waals surface area contributed by atoms with Gasteiger partial charge in [-0.2, -0.15) is 31.4 Å². The maximum Gasteiger partial charge on any atom is 0.490 e. The Morgan fingerprint density at radius 3 is 2.43 bits per heavy atom. The average molecular weight is 443 g/mol. The molecular formula is C16H19F6N5O3. The van der Waals surface area contributed by atoms with Gasteiger partial charge < -0.3 is 15.4 Å². The van der Waals surface area contributed by atoms with E-state index in [1.807, 2.05) is 0 Å². The predicted molar refractivity (Wildman–Crippen MR) is 91.9 cm³/mol. The van der Waals surface area contributed by atoms with E-state index >= 15 is 0 Å². The minimum atomic E-state index is -5.08. The number of halogens is 6. The fourth-order valence-corrected chi connectivity index (χ4v) is 2.92. The lowest BCUT2D eigenvalue weighted by molar-refractivity contribution is -0.192. The van der Waals surface area contributed by atoms with Crippen LogP contribution in [0.2, 0.25) is 0 Å². The molecule has 0 spiro atoms. The monoisotopic (exact) mass is 443 g/mol. The van der Waals surface area contributed by atoms with Gasteiger partial charge in [-0.15, -0.1) is 0 Å². The molecule has 14 heteroatoms. The highest BCUT2D eigenvalue weighted by Gasteiger charge is 2.39. The molecule has 3 N–H and O–H groups in total. The Labute approximate surface area is 165 Å². The van der Waals surface area contributed by atoms with Crippen molar-refractivity contribution >= 4 is 17.0 Å². The summed E-state index contributed by atoms with van der Waals surface area (Å²) in [5.74, 6) is -4.22. The van der Waals surface area contributed by atoms with Gasteiger partial charge in [-0.3, -0.25) is 4.79 Å². The van der Waals surface area contributed by atoms with Gasteiger partial charge in [0.1, 0.15) is 11.2 Å². The Hall–Kier alpha value is -2.64. The number of aromatic nitrogens is 4. The van der Waals surface area contributed by atoms with Crippen LogP contribution in [-0.4, -0.2) is 56.3 Å². The van der Waals surface area contributed by atoms with Gasteiger partial charge in [0.2, 0.25) is 0 Å². The van der Waals surface area contributed by atoms with Crippen molar-refractivity contribution in [2.24, 2.45) is 5.92 Å². The summed E-state index contributed by atoms with van der Waals surface area (Å²) in [6.07, 6.45) is -7.51. The summed E-state index contributed by atoms with van der Waals surface area (Å²) in [6, 6.07) is 0.0687. The van der Waals surface area contributed by atoms with E-state index < -0.39 is 29.8 Å². The van der Waals surface area contributed by atoms with Gasteiger partial charge in [-0.05, 0) is 19.4 Å². The van der Waals surface area contributed by atoms with E-state index in [2.05, 4.69) is 20.4 Å². The van der Waals surface area contributed by atoms with Gasteiger partial charge in [0, 0.05) is 13.0 Å². The van der Waals surface area contributed by atoms with Crippen molar-refractivity contribution in [3.8, 4) is 0 Å². The van der Waals surface area contributed by atoms with Crippen molar-refractivity contribution < 1.29 is 36.2 Å². The molecule has 0 aliphatic carbocycles. The fraction of sp³-hybridized carbons (Fsp3) is 0.625. The third-order valence-electron chi connectivity index (χ3n) is 4.53. The second-order valence-corrected chi connectivity index (χ2v) is 6.64. The topological polar surface area (TPSA) is 113 Å². The number of carbonyl (C=O) groups is 1. The Morgan fingerprint density at radius 1 is 1.33 bits per heavy atom. The number of nitrogens with one attached hydrogen (secondary N) is 2. The van der Waals surface area contributed by atoms with Gasteiger partial charge in [-0.25, -0.2) is 14.5 Å². The first-order valence-corrected chi connectivity index (χ1v) is 8.88. The number of rotatable bonds is 4. The third kappa shape index (κ3) is 5.70. The molecule has 8 nitrogen and oxygen atoms in total. The summed E-state index contributed by atoms with van der Waals surface area (Å²) in [5, 5.41) is 14.8. The molecule has 30 heavy (non-hydrogen) atoms. The lowest BCUT2D eigenvalue weighted by Crippen LogP contribution is -2.26. The Balaban J connectivity index is 0.000000396. The number of aromatic amines is 1. The van der Waals surface area contributed by atoms with Crippen LogP contribution in [0.3, 0.4) is 0 Å². The molecule has 2 aromatic heterocycles. The molecule has 3 rings (SSSR count). The van der Waals surface area contributed by atoms with E-state index in [1.54, 1.807) is 4.68 Å². The summed E-state index contributed by atoms with van der Waals surface area (Å²) < 4.78 is 72.2. The zero-order valence-electron chi connectivity index (χ0n) is 15.6. The molecule has 0 radical (unpaired) electrons. The first-order valence-electron chi connectivity index (χ1n) is 8.88. The van der Waals surface area contributed by atoms with Crippen molar-refractivity contribution in [3.05, 3.63) is 22.4 Å². The fourth-order valence-electron chi connectivity index (χ4n) is 2.92. The van der Waals surface area contributed by atoms with Crippen molar-refractivity contribution in [2.45, 2.75) is 44.6 Å². The first-order chi connectivity index (χ1) is 13.8. The molecule has 1 aliphatic heterocycles. The number of nitrogens with zero attached hydrogens (tertiary/aromatic N) is 3. The third-order valence-corrected chi connectivity index (χ3v) is 4.53. The zero-order valence-corrected chi connectivity index (χ0v) is 15.6. The zero-order chi connectivity index (χ0) is 22.7. The Bertz CT molecular complexity index is 930. The van der Waals surface area contributed by atoms with Crippen LogP contribution in [0.25, 0.3) is 11.0 Å². The average Bonchev–Trinajstić information content (AvgIpc) is 3.27. The largest absolute Gasteiger partial charge is 0.490 e. The lowest BCUT2D eigenvalue weighted by Gasteiger charge is -2.18. The second-order valence-electron chi connectivity index (χ2n) is 6.64. The van der Waals surface area contributed by atoms with Crippen LogP contribution < -0.4 is 10.9 Å². The molecule has 2 aromatic rings. The van der Waals surface area contributed by atoms with Crippen LogP contribution in [0.4, 0.5) is 26.3 Å². The second kappa shape index (κ2) is 9.02. The molecule has 0 bridgehead atoms. The maximum absolute atomic E-state index is 12.9.